The normalized spacial score (nSPS) is 43.7. The smallest absolute Gasteiger partial charge is 0.0845 e. The fourth-order valence-electron chi connectivity index (χ4n) is 1.27. The molecule has 9 heavy (non-hydrogen) atoms. The first-order valence-corrected chi connectivity index (χ1v) is 3.20. The van der Waals surface area contributed by atoms with Gasteiger partial charge in [0.15, 0.2) is 0 Å². The molecule has 0 radical (unpaired) electrons. The molecule has 3 nitrogen and oxygen atoms in total. The maximum absolute atomic E-state index is 9.15. The van der Waals surface area contributed by atoms with Crippen LogP contribution in [0.2, 0.25) is 0 Å². The van der Waals surface area contributed by atoms with Crippen LogP contribution in [0.1, 0.15) is 12.8 Å². The van der Waals surface area contributed by atoms with Gasteiger partial charge < -0.3 is 15.6 Å². The third kappa shape index (κ3) is 1.41. The van der Waals surface area contributed by atoms with E-state index in [2.05, 4.69) is 0 Å². The van der Waals surface area contributed by atoms with Crippen LogP contribution in [0.4, 0.5) is 0 Å². The van der Waals surface area contributed by atoms with Gasteiger partial charge in [-0.25, -0.2) is 0 Å². The Morgan fingerprint density at radius 3 is 2.44 bits per heavy atom. The third-order valence-corrected chi connectivity index (χ3v) is 1.81. The van der Waals surface area contributed by atoms with E-state index in [4.69, 9.17) is 15.6 Å². The van der Waals surface area contributed by atoms with Gasteiger partial charge in [0.25, 0.3) is 0 Å². The standard InChI is InChI=1S/C6H13NO2/c1-9-6-3-4(7)2-5(6)8/h4-6,8H,2-3,7H2,1H3. The number of methoxy groups -OCH3 is 1. The Bertz CT molecular complexity index is 97.1. The molecule has 3 atom stereocenters. The van der Waals surface area contributed by atoms with Gasteiger partial charge in [-0.15, -0.1) is 0 Å². The maximum Gasteiger partial charge on any atom is 0.0845 e. The van der Waals surface area contributed by atoms with Crippen LogP contribution in [0.5, 0.6) is 0 Å². The van der Waals surface area contributed by atoms with Gasteiger partial charge in [0.05, 0.1) is 12.2 Å². The topological polar surface area (TPSA) is 55.5 Å². The molecule has 3 heteroatoms. The summed E-state index contributed by atoms with van der Waals surface area (Å²) in [4.78, 5) is 0. The molecule has 0 saturated heterocycles. The van der Waals surface area contributed by atoms with Crippen LogP contribution in [0.3, 0.4) is 0 Å². The van der Waals surface area contributed by atoms with Crippen molar-refractivity contribution in [3.05, 3.63) is 0 Å². The lowest BCUT2D eigenvalue weighted by atomic mass is 10.3. The highest BCUT2D eigenvalue weighted by atomic mass is 16.5. The quantitative estimate of drug-likeness (QED) is 0.503. The van der Waals surface area contributed by atoms with Crippen LogP contribution < -0.4 is 5.73 Å². The highest BCUT2D eigenvalue weighted by Gasteiger charge is 2.30. The van der Waals surface area contributed by atoms with Crippen molar-refractivity contribution in [3.8, 4) is 0 Å². The lowest BCUT2D eigenvalue weighted by Crippen LogP contribution is -2.20. The van der Waals surface area contributed by atoms with Crippen LogP contribution >= 0.6 is 0 Å². The first kappa shape index (κ1) is 6.99. The van der Waals surface area contributed by atoms with Gasteiger partial charge in [-0.05, 0) is 12.8 Å². The van der Waals surface area contributed by atoms with Crippen molar-refractivity contribution < 1.29 is 9.84 Å². The second-order valence-corrected chi connectivity index (χ2v) is 2.57. The van der Waals surface area contributed by atoms with Crippen molar-refractivity contribution in [1.29, 1.82) is 0 Å². The third-order valence-electron chi connectivity index (χ3n) is 1.81. The van der Waals surface area contributed by atoms with Crippen molar-refractivity contribution in [2.24, 2.45) is 5.73 Å². The lowest BCUT2D eigenvalue weighted by Gasteiger charge is -2.10. The molecule has 0 bridgehead atoms. The van der Waals surface area contributed by atoms with Crippen LogP contribution in [-0.4, -0.2) is 30.5 Å². The highest BCUT2D eigenvalue weighted by Crippen LogP contribution is 2.19. The SMILES string of the molecule is COC1CC(N)CC1O. The molecule has 0 aliphatic heterocycles. The summed E-state index contributed by atoms with van der Waals surface area (Å²) in [5.41, 5.74) is 5.55. The summed E-state index contributed by atoms with van der Waals surface area (Å²) in [6.45, 7) is 0. The average Bonchev–Trinajstić information content (AvgIpc) is 2.10. The Morgan fingerprint density at radius 1 is 1.56 bits per heavy atom. The molecular formula is C6H13NO2. The molecule has 0 amide bonds. The van der Waals surface area contributed by atoms with Gasteiger partial charge in [-0.3, -0.25) is 0 Å². The van der Waals surface area contributed by atoms with Gasteiger partial charge in [0.1, 0.15) is 0 Å². The average molecular weight is 131 g/mol. The second-order valence-electron chi connectivity index (χ2n) is 2.57. The summed E-state index contributed by atoms with van der Waals surface area (Å²) in [5, 5.41) is 9.15. The minimum atomic E-state index is -0.343. The molecule has 3 unspecified atom stereocenters. The van der Waals surface area contributed by atoms with E-state index in [0.29, 0.717) is 6.42 Å². The highest BCUT2D eigenvalue weighted by molar-refractivity contribution is 4.85. The molecule has 1 saturated carbocycles. The predicted octanol–water partition coefficient (Wildman–Crippen LogP) is -0.517. The van der Waals surface area contributed by atoms with E-state index in [1.165, 1.54) is 0 Å². The number of nitrogens with two attached hydrogens (primary N) is 1. The molecule has 1 aliphatic rings. The molecule has 54 valence electrons. The first-order valence-electron chi connectivity index (χ1n) is 3.20. The van der Waals surface area contributed by atoms with Crippen molar-refractivity contribution in [3.63, 3.8) is 0 Å². The van der Waals surface area contributed by atoms with Crippen molar-refractivity contribution >= 4 is 0 Å². The minimum Gasteiger partial charge on any atom is -0.390 e. The van der Waals surface area contributed by atoms with Gasteiger partial charge in [0, 0.05) is 13.2 Å². The maximum atomic E-state index is 9.15. The predicted molar refractivity (Wildman–Crippen MR) is 34.0 cm³/mol. The van der Waals surface area contributed by atoms with E-state index < -0.39 is 0 Å². The van der Waals surface area contributed by atoms with Crippen LogP contribution in [0, 0.1) is 0 Å². The summed E-state index contributed by atoms with van der Waals surface area (Å²) < 4.78 is 4.96. The number of aliphatic hydroxyl groups is 1. The molecule has 0 aromatic rings. The van der Waals surface area contributed by atoms with Gasteiger partial charge in [-0.2, -0.15) is 0 Å². The molecule has 1 rings (SSSR count). The van der Waals surface area contributed by atoms with E-state index in [-0.39, 0.29) is 18.2 Å². The number of rotatable bonds is 1. The Morgan fingerprint density at radius 2 is 2.22 bits per heavy atom. The first-order chi connectivity index (χ1) is 4.24. The zero-order chi connectivity index (χ0) is 6.85. The zero-order valence-electron chi connectivity index (χ0n) is 5.58. The van der Waals surface area contributed by atoms with Crippen molar-refractivity contribution in [1.82, 2.24) is 0 Å². The number of hydrogen-bond donors (Lipinski definition) is 2. The molecule has 0 aromatic heterocycles. The fraction of sp³-hybridized carbons (Fsp3) is 1.00. The molecular weight excluding hydrogens is 118 g/mol. The van der Waals surface area contributed by atoms with Crippen molar-refractivity contribution in [2.75, 3.05) is 7.11 Å². The van der Waals surface area contributed by atoms with E-state index in [1.807, 2.05) is 0 Å². The summed E-state index contributed by atoms with van der Waals surface area (Å²) >= 11 is 0. The van der Waals surface area contributed by atoms with Gasteiger partial charge >= 0.3 is 0 Å². The van der Waals surface area contributed by atoms with E-state index in [0.717, 1.165) is 6.42 Å². The van der Waals surface area contributed by atoms with Crippen LogP contribution in [0.15, 0.2) is 0 Å². The molecule has 0 aromatic carbocycles. The molecule has 3 N–H and O–H groups in total. The molecule has 0 heterocycles. The Balaban J connectivity index is 2.38. The Kier molecular flexibility index (Phi) is 2.05. The van der Waals surface area contributed by atoms with Crippen molar-refractivity contribution in [2.45, 2.75) is 31.1 Å². The monoisotopic (exact) mass is 131 g/mol. The van der Waals surface area contributed by atoms with Gasteiger partial charge in [0.2, 0.25) is 0 Å². The fourth-order valence-corrected chi connectivity index (χ4v) is 1.27. The van der Waals surface area contributed by atoms with E-state index in [9.17, 15) is 0 Å². The largest absolute Gasteiger partial charge is 0.390 e. The summed E-state index contributed by atoms with van der Waals surface area (Å²) in [5.74, 6) is 0. The van der Waals surface area contributed by atoms with E-state index in [1.54, 1.807) is 7.11 Å². The molecule has 1 aliphatic carbocycles. The van der Waals surface area contributed by atoms with Gasteiger partial charge in [-0.1, -0.05) is 0 Å². The van der Waals surface area contributed by atoms with E-state index >= 15 is 0 Å². The number of hydrogen-bond acceptors (Lipinski definition) is 3. The van der Waals surface area contributed by atoms with Crippen LogP contribution in [0.25, 0.3) is 0 Å². The summed E-state index contributed by atoms with van der Waals surface area (Å²) in [6, 6.07) is 0.130. The Hall–Kier alpha value is -0.120. The molecule has 1 fully saturated rings. The van der Waals surface area contributed by atoms with Crippen LogP contribution in [-0.2, 0) is 4.74 Å². The number of aliphatic hydroxyl groups excluding tert-OH is 1. The lowest BCUT2D eigenvalue weighted by molar-refractivity contribution is 0.00981. The summed E-state index contributed by atoms with van der Waals surface area (Å²) in [6.07, 6.45) is 1.10. The number of ether oxygens (including phenoxy) is 1. The summed E-state index contributed by atoms with van der Waals surface area (Å²) in [7, 11) is 1.60. The minimum absolute atomic E-state index is 0.0278. The second kappa shape index (κ2) is 2.64. The zero-order valence-corrected chi connectivity index (χ0v) is 5.58. The Labute approximate surface area is 54.8 Å². The molecule has 0 spiro atoms.